The average Bonchev–Trinajstić information content (AvgIpc) is 3.23. The zero-order chi connectivity index (χ0) is 43.0. The third-order valence-corrected chi connectivity index (χ3v) is 10.5. The van der Waals surface area contributed by atoms with Crippen LogP contribution in [0.3, 0.4) is 0 Å². The molecule has 0 spiro atoms. The Morgan fingerprint density at radius 2 is 0.644 bits per heavy atom. The van der Waals surface area contributed by atoms with Crippen molar-refractivity contribution in [1.82, 2.24) is 0 Å². The van der Waals surface area contributed by atoms with E-state index in [1.165, 1.54) is 122 Å². The van der Waals surface area contributed by atoms with Crippen molar-refractivity contribution >= 4 is 17.9 Å². The highest BCUT2D eigenvalue weighted by Crippen LogP contribution is 2.14. The van der Waals surface area contributed by atoms with Gasteiger partial charge in [0.05, 0.1) is 0 Å². The van der Waals surface area contributed by atoms with Crippen LogP contribution in [0.15, 0.2) is 60.8 Å². The molecule has 6 heteroatoms. The quantitative estimate of drug-likeness (QED) is 0.0263. The predicted octanol–water partition coefficient (Wildman–Crippen LogP) is 16.1. The molecule has 0 aliphatic rings. The number of rotatable bonds is 44. The smallest absolute Gasteiger partial charge is 0.306 e. The van der Waals surface area contributed by atoms with E-state index in [4.69, 9.17) is 14.2 Å². The molecule has 0 aliphatic heterocycles. The van der Waals surface area contributed by atoms with Crippen molar-refractivity contribution in [3.63, 3.8) is 0 Å². The maximum atomic E-state index is 12.7. The summed E-state index contributed by atoms with van der Waals surface area (Å²) in [5.74, 6) is -0.959. The number of carbonyl (C=O) groups excluding carboxylic acids is 3. The molecule has 0 radical (unpaired) electrons. The van der Waals surface area contributed by atoms with Crippen LogP contribution in [0.2, 0.25) is 0 Å². The summed E-state index contributed by atoms with van der Waals surface area (Å²) in [6, 6.07) is 0. The van der Waals surface area contributed by atoms with Crippen LogP contribution in [0.25, 0.3) is 0 Å². The first-order chi connectivity index (χ1) is 29.0. The first-order valence-electron chi connectivity index (χ1n) is 24.8. The predicted molar refractivity (Wildman–Crippen MR) is 251 cm³/mol. The molecule has 340 valence electrons. The molecule has 0 heterocycles. The largest absolute Gasteiger partial charge is 0.462 e. The number of ether oxygens (including phenoxy) is 3. The molecule has 0 aliphatic carbocycles. The van der Waals surface area contributed by atoms with E-state index in [2.05, 4.69) is 81.5 Å². The standard InChI is InChI=1S/C53H92O6/c1-4-7-10-13-16-19-22-24-25-26-27-29-31-34-37-40-43-46-52(55)58-49-50(48-57-51(54)45-42-39-36-33-30-21-18-15-12-9-6-3)59-53(56)47-44-41-38-35-32-28-23-20-17-14-11-8-5-2/h15-16,18-19,24-25,27,29,34,37,50H,4-14,17,20-23,26,28,30-33,35-36,38-49H2,1-3H3/b18-15-,19-16-,25-24-,29-27-,37-34-. The molecule has 0 fully saturated rings. The van der Waals surface area contributed by atoms with Crippen LogP contribution >= 0.6 is 0 Å². The first-order valence-corrected chi connectivity index (χ1v) is 24.8. The van der Waals surface area contributed by atoms with Gasteiger partial charge in [-0.2, -0.15) is 0 Å². The Hall–Kier alpha value is -2.89. The lowest BCUT2D eigenvalue weighted by atomic mass is 10.0. The monoisotopic (exact) mass is 825 g/mol. The van der Waals surface area contributed by atoms with Gasteiger partial charge in [-0.15, -0.1) is 0 Å². The summed E-state index contributed by atoms with van der Waals surface area (Å²) in [4.78, 5) is 37.8. The van der Waals surface area contributed by atoms with E-state index >= 15 is 0 Å². The van der Waals surface area contributed by atoms with Crippen molar-refractivity contribution in [3.8, 4) is 0 Å². The number of allylic oxidation sites excluding steroid dienone is 10. The molecule has 6 nitrogen and oxygen atoms in total. The van der Waals surface area contributed by atoms with Gasteiger partial charge in [-0.3, -0.25) is 14.4 Å². The van der Waals surface area contributed by atoms with Crippen molar-refractivity contribution in [2.45, 2.75) is 245 Å². The highest BCUT2D eigenvalue weighted by atomic mass is 16.6. The van der Waals surface area contributed by atoms with Crippen molar-refractivity contribution in [1.29, 1.82) is 0 Å². The summed E-state index contributed by atoms with van der Waals surface area (Å²) in [6.45, 7) is 6.51. The van der Waals surface area contributed by atoms with Gasteiger partial charge >= 0.3 is 17.9 Å². The van der Waals surface area contributed by atoms with Crippen LogP contribution in [0.4, 0.5) is 0 Å². The van der Waals surface area contributed by atoms with Crippen molar-refractivity contribution in [2.75, 3.05) is 13.2 Å². The zero-order valence-electron chi connectivity index (χ0n) is 38.8. The maximum absolute atomic E-state index is 12.7. The molecular weight excluding hydrogens is 733 g/mol. The summed E-state index contributed by atoms with van der Waals surface area (Å²) in [5, 5.41) is 0. The lowest BCUT2D eigenvalue weighted by Gasteiger charge is -2.18. The number of esters is 3. The Morgan fingerprint density at radius 3 is 1.12 bits per heavy atom. The van der Waals surface area contributed by atoms with Crippen molar-refractivity contribution < 1.29 is 28.6 Å². The number of unbranched alkanes of at least 4 members (excludes halogenated alkanes) is 23. The second kappa shape index (κ2) is 47.8. The second-order valence-electron chi connectivity index (χ2n) is 16.4. The van der Waals surface area contributed by atoms with Crippen LogP contribution in [0.1, 0.15) is 239 Å². The van der Waals surface area contributed by atoms with Crippen LogP contribution in [-0.4, -0.2) is 37.2 Å². The van der Waals surface area contributed by atoms with Crippen LogP contribution < -0.4 is 0 Å². The Kier molecular flexibility index (Phi) is 45.4. The SMILES string of the molecule is CCCC/C=C\CCCCCCCC(=O)OCC(COC(=O)CCC/C=C\C/C=C\C/C=C\C/C=C\CCCCC)OC(=O)CCCCCCCCCCCCCCC. The fourth-order valence-corrected chi connectivity index (χ4v) is 6.71. The molecule has 0 saturated heterocycles. The van der Waals surface area contributed by atoms with Crippen LogP contribution in [0.5, 0.6) is 0 Å². The van der Waals surface area contributed by atoms with E-state index in [0.717, 1.165) is 70.6 Å². The van der Waals surface area contributed by atoms with E-state index in [1.54, 1.807) is 0 Å². The van der Waals surface area contributed by atoms with Gasteiger partial charge in [0.25, 0.3) is 0 Å². The van der Waals surface area contributed by atoms with Crippen molar-refractivity contribution in [2.24, 2.45) is 0 Å². The van der Waals surface area contributed by atoms with Gasteiger partial charge < -0.3 is 14.2 Å². The van der Waals surface area contributed by atoms with Gasteiger partial charge in [-0.05, 0) is 77.0 Å². The summed E-state index contributed by atoms with van der Waals surface area (Å²) in [5.41, 5.74) is 0. The molecule has 59 heavy (non-hydrogen) atoms. The van der Waals surface area contributed by atoms with Crippen LogP contribution in [-0.2, 0) is 28.6 Å². The average molecular weight is 825 g/mol. The minimum Gasteiger partial charge on any atom is -0.462 e. The first kappa shape index (κ1) is 56.1. The summed E-state index contributed by atoms with van der Waals surface area (Å²) >= 11 is 0. The molecule has 0 amide bonds. The molecule has 0 aromatic carbocycles. The van der Waals surface area contributed by atoms with Crippen molar-refractivity contribution in [3.05, 3.63) is 60.8 Å². The fraction of sp³-hybridized carbons (Fsp3) is 0.755. The van der Waals surface area contributed by atoms with E-state index < -0.39 is 6.10 Å². The van der Waals surface area contributed by atoms with Gasteiger partial charge in [0, 0.05) is 19.3 Å². The van der Waals surface area contributed by atoms with E-state index in [9.17, 15) is 14.4 Å². The Labute approximate surface area is 364 Å². The van der Waals surface area contributed by atoms with E-state index in [1.807, 2.05) is 0 Å². The third-order valence-electron chi connectivity index (χ3n) is 10.5. The normalized spacial score (nSPS) is 12.5. The van der Waals surface area contributed by atoms with Gasteiger partial charge in [0.1, 0.15) is 13.2 Å². The molecule has 0 N–H and O–H groups in total. The highest BCUT2D eigenvalue weighted by molar-refractivity contribution is 5.71. The third kappa shape index (κ3) is 46.0. The molecule has 0 aromatic rings. The zero-order valence-corrected chi connectivity index (χ0v) is 38.8. The molecule has 1 atom stereocenters. The molecule has 0 aromatic heterocycles. The Balaban J connectivity index is 4.45. The summed E-state index contributed by atoms with van der Waals surface area (Å²) in [6.07, 6.45) is 57.8. The van der Waals surface area contributed by atoms with Gasteiger partial charge in [0.15, 0.2) is 6.10 Å². The van der Waals surface area contributed by atoms with Gasteiger partial charge in [0.2, 0.25) is 0 Å². The Bertz CT molecular complexity index is 1090. The van der Waals surface area contributed by atoms with Crippen LogP contribution in [0, 0.1) is 0 Å². The number of carbonyl (C=O) groups is 3. The lowest BCUT2D eigenvalue weighted by molar-refractivity contribution is -0.167. The van der Waals surface area contributed by atoms with E-state index in [0.29, 0.717) is 19.3 Å². The number of hydrogen-bond acceptors (Lipinski definition) is 6. The molecular formula is C53H92O6. The maximum Gasteiger partial charge on any atom is 0.306 e. The highest BCUT2D eigenvalue weighted by Gasteiger charge is 2.19. The minimum absolute atomic E-state index is 0.0942. The topological polar surface area (TPSA) is 78.9 Å². The lowest BCUT2D eigenvalue weighted by Crippen LogP contribution is -2.30. The Morgan fingerprint density at radius 1 is 0.339 bits per heavy atom. The summed E-state index contributed by atoms with van der Waals surface area (Å²) < 4.78 is 16.7. The number of hydrogen-bond donors (Lipinski definition) is 0. The second-order valence-corrected chi connectivity index (χ2v) is 16.4. The molecule has 1 unspecified atom stereocenters. The molecule has 0 bridgehead atoms. The minimum atomic E-state index is -0.795. The summed E-state index contributed by atoms with van der Waals surface area (Å²) in [7, 11) is 0. The fourth-order valence-electron chi connectivity index (χ4n) is 6.71. The van der Waals surface area contributed by atoms with Gasteiger partial charge in [-0.1, -0.05) is 204 Å². The molecule has 0 rings (SSSR count). The molecule has 0 saturated carbocycles. The van der Waals surface area contributed by atoms with Gasteiger partial charge in [-0.25, -0.2) is 0 Å². The van der Waals surface area contributed by atoms with E-state index in [-0.39, 0.29) is 37.5 Å².